The Morgan fingerprint density at radius 2 is 2.03 bits per heavy atom. The first-order chi connectivity index (χ1) is 13.5. The molecule has 1 heterocycles. The van der Waals surface area contributed by atoms with E-state index in [1.165, 1.54) is 4.90 Å². The zero-order valence-corrected chi connectivity index (χ0v) is 17.8. The van der Waals surface area contributed by atoms with Gasteiger partial charge in [0.05, 0.1) is 6.61 Å². The normalized spacial score (nSPS) is 19.5. The van der Waals surface area contributed by atoms with Gasteiger partial charge in [0, 0.05) is 23.7 Å². The van der Waals surface area contributed by atoms with E-state index in [0.717, 1.165) is 6.07 Å². The molecule has 1 aromatic rings. The molecule has 1 aromatic heterocycles. The van der Waals surface area contributed by atoms with Crippen molar-refractivity contribution in [2.75, 3.05) is 11.9 Å². The summed E-state index contributed by atoms with van der Waals surface area (Å²) in [6.45, 7) is 10.0. The second kappa shape index (κ2) is 9.29. The molecule has 1 saturated carbocycles. The molecule has 1 aliphatic carbocycles. The molecule has 0 atom stereocenters. The maximum Gasteiger partial charge on any atom is 0.407 e. The fraction of sp³-hybridized carbons (Fsp3) is 0.667. The largest absolute Gasteiger partial charge is 0.476 e. The van der Waals surface area contributed by atoms with Gasteiger partial charge >= 0.3 is 6.09 Å². The summed E-state index contributed by atoms with van der Waals surface area (Å²) < 4.78 is 20.0. The predicted molar refractivity (Wildman–Crippen MR) is 109 cm³/mol. The Balaban J connectivity index is 2.07. The molecular formula is C21H31FN4O3. The molecule has 0 bridgehead atoms. The van der Waals surface area contributed by atoms with Gasteiger partial charge in [-0.05, 0) is 52.4 Å². The van der Waals surface area contributed by atoms with Crippen LogP contribution in [0.25, 0.3) is 0 Å². The molecule has 2 N–H and O–H groups in total. The van der Waals surface area contributed by atoms with Crippen LogP contribution in [0.3, 0.4) is 0 Å². The van der Waals surface area contributed by atoms with Gasteiger partial charge in [0.15, 0.2) is 11.6 Å². The number of carbonyl (C=O) groups is 1. The van der Waals surface area contributed by atoms with Crippen molar-refractivity contribution in [3.8, 4) is 11.9 Å². The molecule has 0 radical (unpaired) electrons. The Kier molecular flexibility index (Phi) is 7.28. The van der Waals surface area contributed by atoms with Gasteiger partial charge in [-0.2, -0.15) is 10.2 Å². The van der Waals surface area contributed by atoms with Gasteiger partial charge in [0.1, 0.15) is 11.6 Å². The fourth-order valence-electron chi connectivity index (χ4n) is 3.67. The van der Waals surface area contributed by atoms with E-state index >= 15 is 0 Å². The molecule has 0 saturated heterocycles. The third kappa shape index (κ3) is 5.96. The third-order valence-electron chi connectivity index (χ3n) is 4.95. The van der Waals surface area contributed by atoms with Crippen molar-refractivity contribution in [1.82, 2.24) is 9.88 Å². The van der Waals surface area contributed by atoms with Crippen molar-refractivity contribution in [2.45, 2.75) is 77.9 Å². The molecule has 0 aromatic carbocycles. The van der Waals surface area contributed by atoms with Gasteiger partial charge in [0.25, 0.3) is 0 Å². The third-order valence-corrected chi connectivity index (χ3v) is 4.95. The van der Waals surface area contributed by atoms with E-state index in [2.05, 4.69) is 10.3 Å². The Hall–Kier alpha value is -2.56. The summed E-state index contributed by atoms with van der Waals surface area (Å²) in [7, 11) is 0. The topological polar surface area (TPSA) is 98.5 Å². The number of nitriles is 1. The summed E-state index contributed by atoms with van der Waals surface area (Å²) in [6.07, 6.45) is 1.87. The van der Waals surface area contributed by atoms with Gasteiger partial charge in [-0.3, -0.25) is 0 Å². The zero-order valence-electron chi connectivity index (χ0n) is 17.8. The Bertz CT molecular complexity index is 762. The minimum absolute atomic E-state index is 0.0188. The lowest BCUT2D eigenvalue weighted by atomic mass is 9.88. The van der Waals surface area contributed by atoms with Gasteiger partial charge in [-0.15, -0.1) is 0 Å². The summed E-state index contributed by atoms with van der Waals surface area (Å²) in [5.74, 6) is -0.150. The lowest BCUT2D eigenvalue weighted by Gasteiger charge is -2.42. The SMILES string of the molecule is CC(C)COc1nc(N[C@H]2CC[C@H](N(C(=O)O)C(C)(C)C)CC2)c(F)cc1C#N. The van der Waals surface area contributed by atoms with Crippen LogP contribution in [0.2, 0.25) is 0 Å². The Labute approximate surface area is 171 Å². The van der Waals surface area contributed by atoms with E-state index in [1.54, 1.807) is 0 Å². The van der Waals surface area contributed by atoms with E-state index < -0.39 is 17.4 Å². The highest BCUT2D eigenvalue weighted by atomic mass is 19.1. The van der Waals surface area contributed by atoms with E-state index in [4.69, 9.17) is 4.74 Å². The van der Waals surface area contributed by atoms with Crippen molar-refractivity contribution < 1.29 is 19.0 Å². The summed E-state index contributed by atoms with van der Waals surface area (Å²) in [5.41, 5.74) is -0.403. The molecule has 29 heavy (non-hydrogen) atoms. The van der Waals surface area contributed by atoms with Crippen LogP contribution in [0.1, 0.15) is 65.9 Å². The number of hydrogen-bond acceptors (Lipinski definition) is 5. The zero-order chi connectivity index (χ0) is 21.8. The Morgan fingerprint density at radius 3 is 2.52 bits per heavy atom. The van der Waals surface area contributed by atoms with Crippen LogP contribution >= 0.6 is 0 Å². The lowest BCUT2D eigenvalue weighted by molar-refractivity contribution is 0.0556. The highest BCUT2D eigenvalue weighted by molar-refractivity contribution is 5.66. The number of ether oxygens (including phenoxy) is 1. The highest BCUT2D eigenvalue weighted by Gasteiger charge is 2.35. The molecule has 0 aliphatic heterocycles. The van der Waals surface area contributed by atoms with Gasteiger partial charge < -0.3 is 20.1 Å². The monoisotopic (exact) mass is 406 g/mol. The molecular weight excluding hydrogens is 375 g/mol. The van der Waals surface area contributed by atoms with E-state index in [9.17, 15) is 19.6 Å². The number of amides is 1. The van der Waals surface area contributed by atoms with Crippen molar-refractivity contribution >= 4 is 11.9 Å². The minimum Gasteiger partial charge on any atom is -0.476 e. The van der Waals surface area contributed by atoms with Crippen LogP contribution in [-0.4, -0.2) is 45.3 Å². The number of carboxylic acid groups (broad SMARTS) is 1. The Morgan fingerprint density at radius 1 is 1.41 bits per heavy atom. The van der Waals surface area contributed by atoms with E-state index in [1.807, 2.05) is 40.7 Å². The molecule has 7 nitrogen and oxygen atoms in total. The van der Waals surface area contributed by atoms with Crippen LogP contribution < -0.4 is 10.1 Å². The van der Waals surface area contributed by atoms with Crippen LogP contribution in [0.4, 0.5) is 15.0 Å². The van der Waals surface area contributed by atoms with Crippen molar-refractivity contribution in [1.29, 1.82) is 5.26 Å². The van der Waals surface area contributed by atoms with Crippen LogP contribution in [-0.2, 0) is 0 Å². The minimum atomic E-state index is -0.916. The first kappa shape index (κ1) is 22.7. The number of pyridine rings is 1. The maximum absolute atomic E-state index is 14.4. The molecule has 0 spiro atoms. The van der Waals surface area contributed by atoms with Gasteiger partial charge in [-0.1, -0.05) is 13.8 Å². The lowest BCUT2D eigenvalue weighted by Crippen LogP contribution is -2.52. The molecule has 0 unspecified atom stereocenters. The second-order valence-electron chi connectivity index (χ2n) is 8.96. The number of anilines is 1. The average molecular weight is 407 g/mol. The van der Waals surface area contributed by atoms with Crippen molar-refractivity contribution in [3.63, 3.8) is 0 Å². The number of aromatic nitrogens is 1. The molecule has 1 fully saturated rings. The highest BCUT2D eigenvalue weighted by Crippen LogP contribution is 2.31. The standard InChI is InChI=1S/C21H31FN4O3/c1-13(2)12-29-19-14(11-23)10-17(22)18(25-19)24-15-6-8-16(9-7-15)26(20(27)28)21(3,4)5/h10,13,15-16H,6-9,12H2,1-5H3,(H,24,25)(H,27,28)/t15-,16-. The van der Waals surface area contributed by atoms with Crippen LogP contribution in [0, 0.1) is 23.1 Å². The molecule has 1 amide bonds. The van der Waals surface area contributed by atoms with Crippen LogP contribution in [0.15, 0.2) is 6.07 Å². The van der Waals surface area contributed by atoms with E-state index in [-0.39, 0.29) is 35.3 Å². The summed E-state index contributed by atoms with van der Waals surface area (Å²) in [4.78, 5) is 17.4. The summed E-state index contributed by atoms with van der Waals surface area (Å²) in [5, 5.41) is 21.9. The maximum atomic E-state index is 14.4. The molecule has 1 aliphatic rings. The van der Waals surface area contributed by atoms with Gasteiger partial charge in [-0.25, -0.2) is 9.18 Å². The molecule has 160 valence electrons. The molecule has 8 heteroatoms. The fourth-order valence-corrected chi connectivity index (χ4v) is 3.67. The first-order valence-corrected chi connectivity index (χ1v) is 10.0. The number of halogens is 1. The smallest absolute Gasteiger partial charge is 0.407 e. The summed E-state index contributed by atoms with van der Waals surface area (Å²) >= 11 is 0. The average Bonchev–Trinajstić information content (AvgIpc) is 2.61. The quantitative estimate of drug-likeness (QED) is 0.715. The van der Waals surface area contributed by atoms with Crippen molar-refractivity contribution in [3.05, 3.63) is 17.4 Å². The number of nitrogens with one attached hydrogen (secondary N) is 1. The van der Waals surface area contributed by atoms with E-state index in [0.29, 0.717) is 32.3 Å². The van der Waals surface area contributed by atoms with Crippen molar-refractivity contribution in [2.24, 2.45) is 5.92 Å². The number of nitrogens with zero attached hydrogens (tertiary/aromatic N) is 3. The predicted octanol–water partition coefficient (Wildman–Crippen LogP) is 4.63. The number of rotatable bonds is 6. The second-order valence-corrected chi connectivity index (χ2v) is 8.96. The summed E-state index contributed by atoms with van der Waals surface area (Å²) in [6, 6.07) is 2.98. The first-order valence-electron chi connectivity index (χ1n) is 10.0. The van der Waals surface area contributed by atoms with Gasteiger partial charge in [0.2, 0.25) is 5.88 Å². The molecule has 2 rings (SSSR count). The van der Waals surface area contributed by atoms with Crippen LogP contribution in [0.5, 0.6) is 5.88 Å². The number of hydrogen-bond donors (Lipinski definition) is 2.